The number of carbonyl (C=O) groups is 4. The van der Waals surface area contributed by atoms with Crippen LogP contribution in [0.4, 0.5) is 11.4 Å². The van der Waals surface area contributed by atoms with Gasteiger partial charge in [0.15, 0.2) is 9.74 Å². The molecule has 6 aliphatic heterocycles. The van der Waals surface area contributed by atoms with Crippen molar-refractivity contribution in [1.82, 2.24) is 19.6 Å². The minimum Gasteiger partial charge on any atom is -0.394 e. The minimum atomic E-state index is -2.33. The lowest BCUT2D eigenvalue weighted by Crippen LogP contribution is -2.77. The number of fused-ring (bicyclic) bond motifs is 11. The number of para-hydroxylation sites is 2. The van der Waals surface area contributed by atoms with Crippen LogP contribution in [0.15, 0.2) is 48.5 Å². The van der Waals surface area contributed by atoms with Gasteiger partial charge in [0, 0.05) is 39.6 Å². The van der Waals surface area contributed by atoms with Crippen molar-refractivity contribution in [2.45, 2.75) is 70.7 Å². The Kier molecular flexibility index (Phi) is 7.51. The molecular weight excluding hydrogens is 709 g/mol. The van der Waals surface area contributed by atoms with Crippen LogP contribution in [0, 0.1) is 5.92 Å². The Morgan fingerprint density at radius 1 is 0.827 bits per heavy atom. The van der Waals surface area contributed by atoms with Gasteiger partial charge in [-0.3, -0.25) is 29.0 Å². The predicted molar refractivity (Wildman–Crippen MR) is 195 cm³/mol. The summed E-state index contributed by atoms with van der Waals surface area (Å²) in [6.45, 7) is 3.08. The minimum absolute atomic E-state index is 0.353. The number of ether oxygens (including phenoxy) is 1. The highest BCUT2D eigenvalue weighted by molar-refractivity contribution is 8.01. The van der Waals surface area contributed by atoms with Crippen molar-refractivity contribution in [1.29, 1.82) is 0 Å². The molecule has 4 N–H and O–H groups in total. The number of hydrogen-bond donors (Lipinski definition) is 4. The molecule has 0 aliphatic carbocycles. The number of piperazine rings is 2. The van der Waals surface area contributed by atoms with Gasteiger partial charge in [-0.25, -0.2) is 0 Å². The van der Waals surface area contributed by atoms with Gasteiger partial charge < -0.3 is 40.1 Å². The molecule has 8 rings (SSSR count). The largest absolute Gasteiger partial charge is 0.394 e. The molecule has 0 spiro atoms. The molecule has 10 atom stereocenters. The lowest BCUT2D eigenvalue weighted by molar-refractivity contribution is -0.218. The summed E-state index contributed by atoms with van der Waals surface area (Å²) >= 11 is 2.31. The van der Waals surface area contributed by atoms with Crippen molar-refractivity contribution in [3.05, 3.63) is 59.7 Å². The van der Waals surface area contributed by atoms with Crippen molar-refractivity contribution < 1.29 is 39.2 Å². The number of aliphatic hydroxyl groups is 3. The lowest BCUT2D eigenvalue weighted by atomic mass is 9.51. The van der Waals surface area contributed by atoms with Gasteiger partial charge in [-0.15, -0.1) is 23.5 Å². The zero-order valence-corrected chi connectivity index (χ0v) is 31.9. The maximum atomic E-state index is 15.6. The Morgan fingerprint density at radius 3 is 2.06 bits per heavy atom. The van der Waals surface area contributed by atoms with E-state index in [0.29, 0.717) is 22.5 Å². The van der Waals surface area contributed by atoms with Gasteiger partial charge in [0.05, 0.1) is 17.4 Å². The van der Waals surface area contributed by atoms with Crippen LogP contribution >= 0.6 is 23.5 Å². The molecule has 14 nitrogen and oxygen atoms in total. The molecule has 6 aliphatic rings. The van der Waals surface area contributed by atoms with Crippen molar-refractivity contribution in [3.8, 4) is 0 Å². The van der Waals surface area contributed by atoms with Crippen molar-refractivity contribution in [2.24, 2.45) is 5.92 Å². The second kappa shape index (κ2) is 11.0. The topological polar surface area (TPSA) is 166 Å². The van der Waals surface area contributed by atoms with E-state index in [4.69, 9.17) is 4.74 Å². The smallest absolute Gasteiger partial charge is 0.279 e. The molecule has 52 heavy (non-hydrogen) atoms. The molecule has 4 amide bonds. The van der Waals surface area contributed by atoms with E-state index < -0.39 is 81.2 Å². The van der Waals surface area contributed by atoms with E-state index in [1.54, 1.807) is 56.9 Å². The average Bonchev–Trinajstić information content (AvgIpc) is 3.77. The second-order valence-electron chi connectivity index (χ2n) is 14.9. The summed E-state index contributed by atoms with van der Waals surface area (Å²) in [6, 6.07) is 13.2. The van der Waals surface area contributed by atoms with Crippen molar-refractivity contribution in [3.63, 3.8) is 0 Å². The van der Waals surface area contributed by atoms with Crippen LogP contribution in [0.2, 0.25) is 0 Å². The van der Waals surface area contributed by atoms with E-state index in [9.17, 15) is 24.9 Å². The van der Waals surface area contributed by atoms with Crippen LogP contribution in [0.25, 0.3) is 0 Å². The van der Waals surface area contributed by atoms with Gasteiger partial charge >= 0.3 is 0 Å². The summed E-state index contributed by atoms with van der Waals surface area (Å²) in [7, 11) is 6.02. The third kappa shape index (κ3) is 3.23. The number of benzene rings is 2. The molecule has 2 aromatic carbocycles. The van der Waals surface area contributed by atoms with Gasteiger partial charge in [-0.05, 0) is 41.7 Å². The summed E-state index contributed by atoms with van der Waals surface area (Å²) in [5.41, 5.74) is -3.83. The summed E-state index contributed by atoms with van der Waals surface area (Å²) in [4.78, 5) is 64.1. The van der Waals surface area contributed by atoms with Gasteiger partial charge in [0.25, 0.3) is 29.4 Å². The first-order chi connectivity index (χ1) is 24.7. The molecule has 278 valence electrons. The summed E-state index contributed by atoms with van der Waals surface area (Å²) in [5, 5.41) is 41.0. The first-order valence-electron chi connectivity index (χ1n) is 17.2. The van der Waals surface area contributed by atoms with Crippen LogP contribution in [-0.4, -0.2) is 152 Å². The number of aliphatic hydroxyl groups excluding tert-OH is 3. The Hall–Kier alpha value is -3.54. The maximum Gasteiger partial charge on any atom is 0.279 e. The molecule has 0 radical (unpaired) electrons. The number of thioether (sulfide) groups is 2. The monoisotopic (exact) mass is 752 g/mol. The number of likely N-dealkylation sites (N-methyl/N-ethyl adjacent to an activating group) is 3. The molecule has 0 aromatic heterocycles. The maximum absolute atomic E-state index is 15.6. The Labute approximate surface area is 310 Å². The third-order valence-electron chi connectivity index (χ3n) is 13.2. The van der Waals surface area contributed by atoms with E-state index in [-0.39, 0.29) is 11.8 Å². The number of hydrogen-bond acceptors (Lipinski definition) is 12. The molecule has 0 bridgehead atoms. The van der Waals surface area contributed by atoms with Crippen LogP contribution in [0.3, 0.4) is 0 Å². The van der Waals surface area contributed by atoms with Crippen LogP contribution in [0.1, 0.15) is 25.0 Å². The standard InChI is InChI=1S/C36H44N6O8S2/c1-18(2)35(51-7)31(49)42-28-33(20-14-10-12-16-22(20)38(28)3,26(46)36(42,52-8)30(48)40(35)5)32-19-13-9-11-15-21(19)37-27(32)41-24(44)23(17-43)39(4)29(47)34(41,50-6)25(32)45/h9-16,18,23,25-28,37,43,45-46H,17H2,1-8H3/t23-,25-,26-,27-,28+,32-,33+,34-,35-,36-/m0/s1. The van der Waals surface area contributed by atoms with E-state index >= 15 is 9.59 Å². The molecule has 0 saturated carbocycles. The molecule has 2 aromatic rings. The Morgan fingerprint density at radius 2 is 1.46 bits per heavy atom. The highest BCUT2D eigenvalue weighted by Gasteiger charge is 2.91. The van der Waals surface area contributed by atoms with Crippen molar-refractivity contribution >= 4 is 58.5 Å². The van der Waals surface area contributed by atoms with Crippen LogP contribution in [-0.2, 0) is 34.7 Å². The van der Waals surface area contributed by atoms with Gasteiger partial charge in [-0.1, -0.05) is 50.2 Å². The fourth-order valence-corrected chi connectivity index (χ4v) is 13.4. The number of nitrogens with one attached hydrogen (secondary N) is 1. The van der Waals surface area contributed by atoms with Gasteiger partial charge in [0.2, 0.25) is 0 Å². The molecule has 4 fully saturated rings. The van der Waals surface area contributed by atoms with Gasteiger partial charge in [-0.2, -0.15) is 0 Å². The van der Waals surface area contributed by atoms with Gasteiger partial charge in [0.1, 0.15) is 30.6 Å². The highest BCUT2D eigenvalue weighted by atomic mass is 32.2. The first-order valence-corrected chi connectivity index (χ1v) is 19.7. The zero-order chi connectivity index (χ0) is 37.7. The fourth-order valence-electron chi connectivity index (χ4n) is 11.2. The van der Waals surface area contributed by atoms with E-state index in [1.165, 1.54) is 40.6 Å². The average molecular weight is 753 g/mol. The first kappa shape index (κ1) is 35.5. The zero-order valence-electron chi connectivity index (χ0n) is 30.2. The molecule has 16 heteroatoms. The van der Waals surface area contributed by atoms with Crippen LogP contribution in [0.5, 0.6) is 0 Å². The number of amides is 4. The number of nitrogens with zero attached hydrogens (tertiary/aromatic N) is 5. The van der Waals surface area contributed by atoms with E-state index in [1.807, 2.05) is 36.9 Å². The fraction of sp³-hybridized carbons (Fsp3) is 0.556. The highest BCUT2D eigenvalue weighted by Crippen LogP contribution is 2.74. The number of rotatable bonds is 6. The van der Waals surface area contributed by atoms with E-state index in [2.05, 4.69) is 5.32 Å². The summed E-state index contributed by atoms with van der Waals surface area (Å²) in [5.74, 6) is -2.67. The molecule has 6 heterocycles. The molecule has 0 unspecified atom stereocenters. The normalized spacial score (nSPS) is 40.2. The second-order valence-corrected chi connectivity index (χ2v) is 16.9. The summed E-state index contributed by atoms with van der Waals surface area (Å²) < 4.78 is 6.09. The number of carbonyl (C=O) groups excluding carboxylic acids is 4. The summed E-state index contributed by atoms with van der Waals surface area (Å²) in [6.07, 6.45) is -2.53. The van der Waals surface area contributed by atoms with Crippen LogP contribution < -0.4 is 10.2 Å². The molecule has 4 saturated heterocycles. The quantitative estimate of drug-likeness (QED) is 0.318. The number of methoxy groups -OCH3 is 1. The van der Waals surface area contributed by atoms with Crippen molar-refractivity contribution in [2.75, 3.05) is 57.6 Å². The third-order valence-corrected chi connectivity index (χ3v) is 16.0. The van der Waals surface area contributed by atoms with E-state index in [0.717, 1.165) is 16.7 Å². The Bertz CT molecular complexity index is 1940. The number of anilines is 2. The molecular formula is C36H44N6O8S2. The lowest BCUT2D eigenvalue weighted by Gasteiger charge is -2.56. The predicted octanol–water partition coefficient (Wildman–Crippen LogP) is 0.218. The SMILES string of the molecule is CO[C@@]12C(=O)N(C)[C@@H](CO)C(=O)N1[C@@H]1Nc3ccccc3[C@]1([C@@]13c4ccccc4N(C)[C@@H]1N1C(=O)[C@@](SC)(C(C)C)N(C)C(=O)[C@@]1(SC)[C@H]3O)[C@@H]2O. The Balaban J connectivity index is 1.55.